The Morgan fingerprint density at radius 3 is 2.81 bits per heavy atom. The number of ether oxygens (including phenoxy) is 1. The molecule has 0 saturated carbocycles. The molecule has 0 saturated heterocycles. The van der Waals surface area contributed by atoms with Crippen LogP contribution in [0.25, 0.3) is 0 Å². The largest absolute Gasteiger partial charge is 0.497 e. The number of carbonyl (C=O) groups is 1. The molecule has 21 heavy (non-hydrogen) atoms. The van der Waals surface area contributed by atoms with Gasteiger partial charge in [0.15, 0.2) is 0 Å². The quantitative estimate of drug-likeness (QED) is 0.875. The highest BCUT2D eigenvalue weighted by atomic mass is 16.5. The van der Waals surface area contributed by atoms with Crippen LogP contribution in [0.1, 0.15) is 43.9 Å². The van der Waals surface area contributed by atoms with E-state index in [4.69, 9.17) is 4.74 Å². The number of hydrogen-bond donors (Lipinski definition) is 1. The maximum atomic E-state index is 12.1. The van der Waals surface area contributed by atoms with E-state index in [2.05, 4.69) is 17.4 Å². The minimum atomic E-state index is 0.181. The van der Waals surface area contributed by atoms with Gasteiger partial charge in [-0.1, -0.05) is 6.07 Å². The summed E-state index contributed by atoms with van der Waals surface area (Å²) >= 11 is 0. The van der Waals surface area contributed by atoms with Crippen molar-refractivity contribution in [2.45, 2.75) is 39.2 Å². The number of nitrogens with zero attached hydrogens (tertiary/aromatic N) is 1. The molecule has 1 atom stereocenters. The zero-order valence-corrected chi connectivity index (χ0v) is 13.3. The van der Waals surface area contributed by atoms with Crippen LogP contribution in [0.3, 0.4) is 0 Å². The molecule has 1 aliphatic rings. The van der Waals surface area contributed by atoms with E-state index in [1.54, 1.807) is 7.11 Å². The number of likely N-dealkylation sites (N-methyl/N-ethyl adjacent to an activating group) is 1. The molecule has 0 radical (unpaired) electrons. The molecule has 1 amide bonds. The first-order chi connectivity index (χ1) is 10.2. The summed E-state index contributed by atoms with van der Waals surface area (Å²) in [5.74, 6) is 1.09. The van der Waals surface area contributed by atoms with Crippen molar-refractivity contribution in [1.82, 2.24) is 10.2 Å². The van der Waals surface area contributed by atoms with Gasteiger partial charge >= 0.3 is 0 Å². The van der Waals surface area contributed by atoms with Gasteiger partial charge in [0.2, 0.25) is 5.91 Å². The number of nitrogens with one attached hydrogen (secondary N) is 1. The number of benzene rings is 1. The van der Waals surface area contributed by atoms with Crippen molar-refractivity contribution < 1.29 is 9.53 Å². The molecule has 0 heterocycles. The van der Waals surface area contributed by atoms with E-state index in [9.17, 15) is 4.79 Å². The molecule has 1 aromatic rings. The summed E-state index contributed by atoms with van der Waals surface area (Å²) in [7, 11) is 1.70. The highest BCUT2D eigenvalue weighted by Gasteiger charge is 2.21. The Balaban J connectivity index is 2.02. The summed E-state index contributed by atoms with van der Waals surface area (Å²) in [6.45, 7) is 6.00. The number of rotatable bonds is 6. The normalized spacial score (nSPS) is 17.2. The van der Waals surface area contributed by atoms with Gasteiger partial charge in [0.05, 0.1) is 13.7 Å². The standard InChI is InChI=1S/C17H26N2O2/c1-4-19(5-2)17(20)12-18-16-8-6-7-13-11-14(21-3)9-10-15(13)16/h9-11,16,18H,4-8,12H2,1-3H3. The van der Waals surface area contributed by atoms with E-state index >= 15 is 0 Å². The molecule has 4 heteroatoms. The van der Waals surface area contributed by atoms with Crippen molar-refractivity contribution in [1.29, 1.82) is 0 Å². The number of methoxy groups -OCH3 is 1. The Bertz CT molecular complexity index is 484. The third-order valence-electron chi connectivity index (χ3n) is 4.28. The molecular formula is C17H26N2O2. The lowest BCUT2D eigenvalue weighted by atomic mass is 9.87. The second-order valence-corrected chi connectivity index (χ2v) is 5.46. The van der Waals surface area contributed by atoms with Crippen LogP contribution in [0.5, 0.6) is 5.75 Å². The first-order valence-corrected chi connectivity index (χ1v) is 7.87. The maximum Gasteiger partial charge on any atom is 0.236 e. The van der Waals surface area contributed by atoms with Gasteiger partial charge < -0.3 is 15.0 Å². The van der Waals surface area contributed by atoms with Crippen LogP contribution in [0.4, 0.5) is 0 Å². The maximum absolute atomic E-state index is 12.1. The third kappa shape index (κ3) is 3.76. The molecule has 116 valence electrons. The smallest absolute Gasteiger partial charge is 0.236 e. The summed E-state index contributed by atoms with van der Waals surface area (Å²) in [5, 5.41) is 3.43. The summed E-state index contributed by atoms with van der Waals surface area (Å²) in [4.78, 5) is 14.0. The average Bonchev–Trinajstić information content (AvgIpc) is 2.53. The predicted octanol–water partition coefficient (Wildman–Crippen LogP) is 2.53. The predicted molar refractivity (Wildman–Crippen MR) is 84.6 cm³/mol. The van der Waals surface area contributed by atoms with Gasteiger partial charge in [0.25, 0.3) is 0 Å². The first kappa shape index (κ1) is 15.8. The molecule has 0 bridgehead atoms. The van der Waals surface area contributed by atoms with Crippen LogP contribution < -0.4 is 10.1 Å². The molecule has 0 fully saturated rings. The Morgan fingerprint density at radius 2 is 2.14 bits per heavy atom. The number of carbonyl (C=O) groups excluding carboxylic acids is 1. The fourth-order valence-electron chi connectivity index (χ4n) is 3.03. The lowest BCUT2D eigenvalue weighted by Gasteiger charge is -2.28. The molecule has 0 spiro atoms. The van der Waals surface area contributed by atoms with E-state index in [1.807, 2.05) is 24.8 Å². The molecule has 0 aliphatic heterocycles. The number of hydrogen-bond acceptors (Lipinski definition) is 3. The number of amides is 1. The van der Waals surface area contributed by atoms with E-state index in [0.717, 1.165) is 38.1 Å². The Hall–Kier alpha value is -1.55. The molecular weight excluding hydrogens is 264 g/mol. The Kier molecular flexibility index (Phi) is 5.62. The topological polar surface area (TPSA) is 41.6 Å². The van der Waals surface area contributed by atoms with E-state index in [0.29, 0.717) is 6.54 Å². The zero-order chi connectivity index (χ0) is 15.2. The fraction of sp³-hybridized carbons (Fsp3) is 0.588. The molecule has 2 rings (SSSR count). The Labute approximate surface area is 127 Å². The third-order valence-corrected chi connectivity index (χ3v) is 4.28. The molecule has 1 aliphatic carbocycles. The lowest BCUT2D eigenvalue weighted by Crippen LogP contribution is -2.39. The van der Waals surface area contributed by atoms with Crippen LogP contribution in [0.2, 0.25) is 0 Å². The monoisotopic (exact) mass is 290 g/mol. The molecule has 0 aromatic heterocycles. The minimum Gasteiger partial charge on any atom is -0.497 e. The Morgan fingerprint density at radius 1 is 1.38 bits per heavy atom. The summed E-state index contributed by atoms with van der Waals surface area (Å²) < 4.78 is 5.29. The van der Waals surface area contributed by atoms with E-state index in [1.165, 1.54) is 11.1 Å². The van der Waals surface area contributed by atoms with Gasteiger partial charge in [0, 0.05) is 19.1 Å². The van der Waals surface area contributed by atoms with Crippen molar-refractivity contribution in [3.8, 4) is 5.75 Å². The number of aryl methyl sites for hydroxylation is 1. The van der Waals surface area contributed by atoms with E-state index in [-0.39, 0.29) is 11.9 Å². The molecule has 1 aromatic carbocycles. The highest BCUT2D eigenvalue weighted by Crippen LogP contribution is 2.32. The average molecular weight is 290 g/mol. The minimum absolute atomic E-state index is 0.181. The SMILES string of the molecule is CCN(CC)C(=O)CNC1CCCc2cc(OC)ccc21. The van der Waals surface area contributed by atoms with E-state index < -0.39 is 0 Å². The molecule has 4 nitrogen and oxygen atoms in total. The van der Waals surface area contributed by atoms with Crippen molar-refractivity contribution in [2.24, 2.45) is 0 Å². The van der Waals surface area contributed by atoms with Gasteiger partial charge in [-0.05, 0) is 56.4 Å². The van der Waals surface area contributed by atoms with Crippen LogP contribution >= 0.6 is 0 Å². The zero-order valence-electron chi connectivity index (χ0n) is 13.3. The summed E-state index contributed by atoms with van der Waals surface area (Å²) in [5.41, 5.74) is 2.66. The summed E-state index contributed by atoms with van der Waals surface area (Å²) in [6, 6.07) is 6.53. The van der Waals surface area contributed by atoms with Crippen LogP contribution in [0.15, 0.2) is 18.2 Å². The second-order valence-electron chi connectivity index (χ2n) is 5.46. The van der Waals surface area contributed by atoms with Crippen molar-refractivity contribution in [2.75, 3.05) is 26.7 Å². The van der Waals surface area contributed by atoms with Crippen molar-refractivity contribution in [3.05, 3.63) is 29.3 Å². The van der Waals surface area contributed by atoms with Crippen LogP contribution in [0, 0.1) is 0 Å². The van der Waals surface area contributed by atoms with Crippen LogP contribution in [-0.2, 0) is 11.2 Å². The van der Waals surface area contributed by atoms with Crippen molar-refractivity contribution >= 4 is 5.91 Å². The lowest BCUT2D eigenvalue weighted by molar-refractivity contribution is -0.130. The van der Waals surface area contributed by atoms with Gasteiger partial charge in [-0.15, -0.1) is 0 Å². The molecule has 1 N–H and O–H groups in total. The second kappa shape index (κ2) is 7.46. The van der Waals surface area contributed by atoms with Crippen molar-refractivity contribution in [3.63, 3.8) is 0 Å². The van der Waals surface area contributed by atoms with Crippen LogP contribution in [-0.4, -0.2) is 37.6 Å². The molecule has 1 unspecified atom stereocenters. The number of fused-ring (bicyclic) bond motifs is 1. The fourth-order valence-corrected chi connectivity index (χ4v) is 3.03. The summed E-state index contributed by atoms with van der Waals surface area (Å²) in [6.07, 6.45) is 3.33. The van der Waals surface area contributed by atoms with Gasteiger partial charge in [-0.3, -0.25) is 4.79 Å². The highest BCUT2D eigenvalue weighted by molar-refractivity contribution is 5.78. The van der Waals surface area contributed by atoms with Gasteiger partial charge in [0.1, 0.15) is 5.75 Å². The van der Waals surface area contributed by atoms with Gasteiger partial charge in [-0.25, -0.2) is 0 Å². The van der Waals surface area contributed by atoms with Gasteiger partial charge in [-0.2, -0.15) is 0 Å². The first-order valence-electron chi connectivity index (χ1n) is 7.87.